The zero-order chi connectivity index (χ0) is 15.2. The molecule has 1 saturated heterocycles. The average Bonchev–Trinajstić information content (AvgIpc) is 2.48. The number of carbonyl (C=O) groups excluding carboxylic acids is 2. The maximum atomic E-state index is 12.1. The SMILES string of the molecule is CN(Cc1ccc(C(N)=O)cc1)C(=O)CC1CNCCO1. The molecule has 0 radical (unpaired) electrons. The third-order valence-electron chi connectivity index (χ3n) is 3.49. The van der Waals surface area contributed by atoms with E-state index in [0.29, 0.717) is 31.7 Å². The number of hydrogen-bond donors (Lipinski definition) is 2. The van der Waals surface area contributed by atoms with E-state index in [4.69, 9.17) is 10.5 Å². The summed E-state index contributed by atoms with van der Waals surface area (Å²) in [5.41, 5.74) is 6.62. The second-order valence-corrected chi connectivity index (χ2v) is 5.21. The fourth-order valence-electron chi connectivity index (χ4n) is 2.24. The molecule has 0 aromatic heterocycles. The number of amides is 2. The molecule has 2 amide bonds. The molecule has 1 heterocycles. The highest BCUT2D eigenvalue weighted by atomic mass is 16.5. The van der Waals surface area contributed by atoms with Gasteiger partial charge < -0.3 is 20.7 Å². The molecule has 114 valence electrons. The smallest absolute Gasteiger partial charge is 0.248 e. The number of primary amides is 1. The van der Waals surface area contributed by atoms with E-state index in [2.05, 4.69) is 5.32 Å². The van der Waals surface area contributed by atoms with Gasteiger partial charge >= 0.3 is 0 Å². The molecule has 1 aliphatic rings. The second kappa shape index (κ2) is 7.19. The summed E-state index contributed by atoms with van der Waals surface area (Å²) in [6.45, 7) is 2.70. The fourth-order valence-corrected chi connectivity index (χ4v) is 2.24. The topological polar surface area (TPSA) is 84.7 Å². The molecule has 0 spiro atoms. The molecule has 0 aliphatic carbocycles. The summed E-state index contributed by atoms with van der Waals surface area (Å²) in [6.07, 6.45) is 0.328. The van der Waals surface area contributed by atoms with Crippen LogP contribution in [0.25, 0.3) is 0 Å². The molecule has 1 unspecified atom stereocenters. The summed E-state index contributed by atoms with van der Waals surface area (Å²) in [7, 11) is 1.76. The predicted molar refractivity (Wildman–Crippen MR) is 78.7 cm³/mol. The van der Waals surface area contributed by atoms with Crippen molar-refractivity contribution in [3.05, 3.63) is 35.4 Å². The van der Waals surface area contributed by atoms with E-state index in [1.54, 1.807) is 24.1 Å². The van der Waals surface area contributed by atoms with Gasteiger partial charge in [-0.05, 0) is 17.7 Å². The maximum Gasteiger partial charge on any atom is 0.248 e. The van der Waals surface area contributed by atoms with Gasteiger partial charge in [-0.3, -0.25) is 9.59 Å². The number of nitrogens with one attached hydrogen (secondary N) is 1. The molecule has 6 nitrogen and oxygen atoms in total. The zero-order valence-electron chi connectivity index (χ0n) is 12.2. The lowest BCUT2D eigenvalue weighted by molar-refractivity contribution is -0.133. The highest BCUT2D eigenvalue weighted by molar-refractivity contribution is 5.92. The monoisotopic (exact) mass is 291 g/mol. The van der Waals surface area contributed by atoms with Gasteiger partial charge in [0.2, 0.25) is 11.8 Å². The molecule has 2 rings (SSSR count). The van der Waals surface area contributed by atoms with Gasteiger partial charge in [-0.2, -0.15) is 0 Å². The van der Waals surface area contributed by atoms with E-state index in [1.165, 1.54) is 0 Å². The van der Waals surface area contributed by atoms with Crippen molar-refractivity contribution in [2.24, 2.45) is 5.73 Å². The van der Waals surface area contributed by atoms with Gasteiger partial charge in [-0.15, -0.1) is 0 Å². The zero-order valence-corrected chi connectivity index (χ0v) is 12.2. The first kappa shape index (κ1) is 15.5. The van der Waals surface area contributed by atoms with Crippen molar-refractivity contribution in [2.45, 2.75) is 19.1 Å². The Hall–Kier alpha value is -1.92. The third-order valence-corrected chi connectivity index (χ3v) is 3.49. The van der Waals surface area contributed by atoms with E-state index in [-0.39, 0.29) is 12.0 Å². The van der Waals surface area contributed by atoms with Gasteiger partial charge in [0.1, 0.15) is 0 Å². The first-order chi connectivity index (χ1) is 10.1. The van der Waals surface area contributed by atoms with E-state index in [0.717, 1.165) is 12.1 Å². The molecule has 1 aromatic carbocycles. The number of morpholine rings is 1. The van der Waals surface area contributed by atoms with Crippen LogP contribution >= 0.6 is 0 Å². The quantitative estimate of drug-likeness (QED) is 0.807. The molecule has 21 heavy (non-hydrogen) atoms. The van der Waals surface area contributed by atoms with Crippen LogP contribution in [0.1, 0.15) is 22.3 Å². The lowest BCUT2D eigenvalue weighted by Crippen LogP contribution is -2.41. The van der Waals surface area contributed by atoms with Crippen LogP contribution in [-0.4, -0.2) is 49.6 Å². The van der Waals surface area contributed by atoms with Gasteiger partial charge in [0.15, 0.2) is 0 Å². The minimum absolute atomic E-state index is 0.0441. The van der Waals surface area contributed by atoms with Crippen molar-refractivity contribution in [3.8, 4) is 0 Å². The first-order valence-corrected chi connectivity index (χ1v) is 7.01. The highest BCUT2D eigenvalue weighted by Gasteiger charge is 2.19. The van der Waals surface area contributed by atoms with Crippen LogP contribution in [0.15, 0.2) is 24.3 Å². The fraction of sp³-hybridized carbons (Fsp3) is 0.467. The number of benzene rings is 1. The lowest BCUT2D eigenvalue weighted by atomic mass is 10.1. The Bertz CT molecular complexity index is 495. The van der Waals surface area contributed by atoms with Gasteiger partial charge in [0.05, 0.1) is 19.1 Å². The minimum Gasteiger partial charge on any atom is -0.375 e. The van der Waals surface area contributed by atoms with Crippen LogP contribution in [0.5, 0.6) is 0 Å². The van der Waals surface area contributed by atoms with E-state index < -0.39 is 5.91 Å². The van der Waals surface area contributed by atoms with Crippen LogP contribution in [0, 0.1) is 0 Å². The summed E-state index contributed by atoms with van der Waals surface area (Å²) in [5.74, 6) is -0.407. The van der Waals surface area contributed by atoms with Crippen molar-refractivity contribution < 1.29 is 14.3 Å². The summed E-state index contributed by atoms with van der Waals surface area (Å²) in [4.78, 5) is 24.8. The normalized spacial score (nSPS) is 18.2. The van der Waals surface area contributed by atoms with E-state index >= 15 is 0 Å². The van der Waals surface area contributed by atoms with Gasteiger partial charge in [0, 0.05) is 32.2 Å². The van der Waals surface area contributed by atoms with Crippen LogP contribution in [0.4, 0.5) is 0 Å². The van der Waals surface area contributed by atoms with Crippen molar-refractivity contribution in [1.29, 1.82) is 0 Å². The first-order valence-electron chi connectivity index (χ1n) is 7.01. The molecule has 1 fully saturated rings. The number of rotatable bonds is 5. The number of hydrogen-bond acceptors (Lipinski definition) is 4. The van der Waals surface area contributed by atoms with E-state index in [9.17, 15) is 9.59 Å². The van der Waals surface area contributed by atoms with Gasteiger partial charge in [-0.25, -0.2) is 0 Å². The third kappa shape index (κ3) is 4.54. The summed E-state index contributed by atoms with van der Waals surface area (Å²) in [6, 6.07) is 6.96. The Morgan fingerprint density at radius 2 is 2.10 bits per heavy atom. The molecular weight excluding hydrogens is 270 g/mol. The predicted octanol–water partition coefficient (Wildman–Crippen LogP) is 0.122. The largest absolute Gasteiger partial charge is 0.375 e. The van der Waals surface area contributed by atoms with Crippen LogP contribution in [0.3, 0.4) is 0 Å². The molecule has 1 aromatic rings. The Morgan fingerprint density at radius 3 is 2.67 bits per heavy atom. The lowest BCUT2D eigenvalue weighted by Gasteiger charge is -2.25. The van der Waals surface area contributed by atoms with Crippen molar-refractivity contribution >= 4 is 11.8 Å². The molecule has 3 N–H and O–H groups in total. The number of nitrogens with two attached hydrogens (primary N) is 1. The summed E-state index contributed by atoms with van der Waals surface area (Å²) < 4.78 is 5.53. The number of carbonyl (C=O) groups is 2. The summed E-state index contributed by atoms with van der Waals surface area (Å²) >= 11 is 0. The van der Waals surface area contributed by atoms with E-state index in [1.807, 2.05) is 12.1 Å². The molecule has 0 saturated carbocycles. The molecule has 6 heteroatoms. The van der Waals surface area contributed by atoms with Crippen LogP contribution in [-0.2, 0) is 16.1 Å². The van der Waals surface area contributed by atoms with Gasteiger partial charge in [0.25, 0.3) is 0 Å². The summed E-state index contributed by atoms with van der Waals surface area (Å²) in [5, 5.41) is 3.21. The average molecular weight is 291 g/mol. The molecule has 1 aliphatic heterocycles. The number of nitrogens with zero attached hydrogens (tertiary/aromatic N) is 1. The number of ether oxygens (including phenoxy) is 1. The molecular formula is C15H21N3O3. The van der Waals surface area contributed by atoms with Crippen LogP contribution < -0.4 is 11.1 Å². The van der Waals surface area contributed by atoms with Gasteiger partial charge in [-0.1, -0.05) is 12.1 Å². The standard InChI is InChI=1S/C15H21N3O3/c1-18(14(19)8-13-9-17-6-7-21-13)10-11-2-4-12(5-3-11)15(16)20/h2-5,13,17H,6-10H2,1H3,(H2,16,20). The maximum absolute atomic E-state index is 12.1. The molecule has 0 bridgehead atoms. The minimum atomic E-state index is -0.451. The van der Waals surface area contributed by atoms with Crippen LogP contribution in [0.2, 0.25) is 0 Å². The Morgan fingerprint density at radius 1 is 1.38 bits per heavy atom. The Balaban J connectivity index is 1.86. The van der Waals surface area contributed by atoms with Crippen molar-refractivity contribution in [1.82, 2.24) is 10.2 Å². The second-order valence-electron chi connectivity index (χ2n) is 5.21. The Labute approximate surface area is 124 Å². The highest BCUT2D eigenvalue weighted by Crippen LogP contribution is 2.09. The van der Waals surface area contributed by atoms with Crippen molar-refractivity contribution in [3.63, 3.8) is 0 Å². The van der Waals surface area contributed by atoms with Crippen molar-refractivity contribution in [2.75, 3.05) is 26.7 Å². The molecule has 1 atom stereocenters. The Kier molecular flexibility index (Phi) is 5.30.